The molecule has 0 aromatic rings. The number of rotatable bonds is 6. The van der Waals surface area contributed by atoms with Gasteiger partial charge in [-0.05, 0) is 61.9 Å². The van der Waals surface area contributed by atoms with Crippen LogP contribution >= 0.6 is 0 Å². The molecule has 4 N–H and O–H groups in total. The largest absolute Gasteiger partial charge is 0.432 e. The van der Waals surface area contributed by atoms with Crippen molar-refractivity contribution in [3.05, 3.63) is 0 Å². The minimum atomic E-state index is -1.67. The third-order valence-corrected chi connectivity index (χ3v) is 15.0. The summed E-state index contributed by atoms with van der Waals surface area (Å²) in [7, 11) is -3.34. The summed E-state index contributed by atoms with van der Waals surface area (Å²) in [6, 6.07) is 6.08. The Morgan fingerprint density at radius 2 is 0.677 bits per heavy atom. The molecule has 7 heteroatoms. The molecule has 0 saturated heterocycles. The van der Waals surface area contributed by atoms with Gasteiger partial charge in [0.15, 0.2) is 16.6 Å². The van der Waals surface area contributed by atoms with Crippen LogP contribution in [0.1, 0.15) is 106 Å². The maximum absolute atomic E-state index is 9.58. The molecule has 188 valence electrons. The third-order valence-electron chi connectivity index (χ3n) is 7.10. The maximum Gasteiger partial charge on any atom is 0.187 e. The van der Waals surface area contributed by atoms with Gasteiger partial charge in [0.25, 0.3) is 0 Å². The summed E-state index contributed by atoms with van der Waals surface area (Å²) in [5.41, 5.74) is 0. The second-order valence-electron chi connectivity index (χ2n) is 9.15. The minimum Gasteiger partial charge on any atom is -0.432 e. The maximum atomic E-state index is 9.58. The van der Waals surface area contributed by atoms with E-state index in [1.165, 1.54) is 38.5 Å². The molecule has 0 amide bonds. The Hall–Kier alpha value is 0.988. The van der Waals surface area contributed by atoms with Crippen molar-refractivity contribution in [2.24, 2.45) is 0 Å². The van der Waals surface area contributed by atoms with Crippen molar-refractivity contribution in [3.63, 3.8) is 0 Å². The fourth-order valence-corrected chi connectivity index (χ4v) is 6.66. The fraction of sp³-hybridized carbons (Fsp3) is 1.00. The van der Waals surface area contributed by atoms with Crippen LogP contribution in [0.2, 0.25) is 36.3 Å². The Morgan fingerprint density at radius 1 is 0.484 bits per heavy atom. The first-order valence-electron chi connectivity index (χ1n) is 13.0. The van der Waals surface area contributed by atoms with Gasteiger partial charge in [0.2, 0.25) is 0 Å². The van der Waals surface area contributed by atoms with Crippen LogP contribution in [0.4, 0.5) is 0 Å². The Labute approximate surface area is 211 Å². The molecule has 0 aromatic heterocycles. The van der Waals surface area contributed by atoms with Crippen molar-refractivity contribution < 1.29 is 41.5 Å². The zero-order valence-electron chi connectivity index (χ0n) is 21.8. The second kappa shape index (κ2) is 22.8. The van der Waals surface area contributed by atoms with Gasteiger partial charge in [-0.3, -0.25) is 0 Å². The zero-order valence-corrected chi connectivity index (χ0v) is 25.3. The Morgan fingerprint density at radius 3 is 0.742 bits per heavy atom. The topological polar surface area (TPSA) is 80.9 Å². The summed E-state index contributed by atoms with van der Waals surface area (Å²) < 4.78 is 0. The fourth-order valence-electron chi connectivity index (χ4n) is 3.66. The number of aliphatic hydroxyl groups excluding tert-OH is 2. The molecule has 2 aliphatic rings. The van der Waals surface area contributed by atoms with Crippen LogP contribution in [0, 0.1) is 0 Å². The number of aliphatic hydroxyl groups is 2. The summed E-state index contributed by atoms with van der Waals surface area (Å²) in [4.78, 5) is 19.2. The quantitative estimate of drug-likeness (QED) is 0.303. The van der Waals surface area contributed by atoms with Crippen LogP contribution in [0.5, 0.6) is 0 Å². The van der Waals surface area contributed by atoms with Gasteiger partial charge in [-0.1, -0.05) is 80.1 Å². The van der Waals surface area contributed by atoms with Crippen molar-refractivity contribution in [1.82, 2.24) is 0 Å². The summed E-state index contributed by atoms with van der Waals surface area (Å²) in [6.45, 7) is 12.5. The smallest absolute Gasteiger partial charge is 0.187 e. The van der Waals surface area contributed by atoms with Crippen molar-refractivity contribution in [2.45, 2.75) is 154 Å². The molecule has 0 aliphatic heterocycles. The molecule has 0 atom stereocenters. The molecule has 2 saturated carbocycles. The van der Waals surface area contributed by atoms with E-state index >= 15 is 0 Å². The summed E-state index contributed by atoms with van der Waals surface area (Å²) in [5, 5.41) is 17.8. The Kier molecular flexibility index (Phi) is 26.8. The van der Waals surface area contributed by atoms with Crippen LogP contribution in [0.25, 0.3) is 0 Å². The van der Waals surface area contributed by atoms with E-state index in [9.17, 15) is 9.59 Å². The van der Waals surface area contributed by atoms with E-state index in [1.54, 1.807) is 0 Å². The van der Waals surface area contributed by atoms with Crippen molar-refractivity contribution in [2.75, 3.05) is 0 Å². The van der Waals surface area contributed by atoms with Gasteiger partial charge in [-0.25, -0.2) is 0 Å². The molecule has 0 bridgehead atoms. The van der Waals surface area contributed by atoms with Crippen LogP contribution in [0.15, 0.2) is 0 Å². The molecule has 4 nitrogen and oxygen atoms in total. The first-order chi connectivity index (χ1) is 14.2. The van der Waals surface area contributed by atoms with Crippen molar-refractivity contribution >= 4 is 16.6 Å². The van der Waals surface area contributed by atoms with Gasteiger partial charge in [0.05, 0.1) is 12.2 Å². The Bertz CT molecular complexity index is 305. The zero-order chi connectivity index (χ0) is 23.5. The summed E-state index contributed by atoms with van der Waals surface area (Å²) in [6.07, 6.45) is 11.8. The molecule has 2 aliphatic carbocycles. The van der Waals surface area contributed by atoms with Gasteiger partial charge in [0.1, 0.15) is 0 Å². The standard InChI is InChI=1S/2C6H16OSi.2C6H12O.Ti/c2*1-4-8(7,5-2)6-3;2*7-6-4-2-1-3-5-6;/h2*7H,4-6H2,1-3H3;2*6-7H,1-5H2;. The van der Waals surface area contributed by atoms with Gasteiger partial charge in [-0.2, -0.15) is 0 Å². The van der Waals surface area contributed by atoms with Crippen LogP contribution in [-0.4, -0.2) is 48.6 Å². The first-order valence-corrected chi connectivity index (χ1v) is 18.1. The number of hydrogen-bond donors (Lipinski definition) is 4. The van der Waals surface area contributed by atoms with E-state index < -0.39 is 16.6 Å². The van der Waals surface area contributed by atoms with E-state index in [1.807, 2.05) is 0 Å². The van der Waals surface area contributed by atoms with E-state index in [0.717, 1.165) is 61.9 Å². The normalized spacial score (nSPS) is 17.6. The van der Waals surface area contributed by atoms with Gasteiger partial charge >= 0.3 is 0 Å². The monoisotopic (exact) mass is 512 g/mol. The molecule has 0 spiro atoms. The predicted octanol–water partition coefficient (Wildman–Crippen LogP) is 6.59. The van der Waals surface area contributed by atoms with Crippen molar-refractivity contribution in [3.8, 4) is 0 Å². The first kappa shape index (κ1) is 36.6. The van der Waals surface area contributed by atoms with Crippen LogP contribution < -0.4 is 0 Å². The van der Waals surface area contributed by atoms with E-state index in [2.05, 4.69) is 41.5 Å². The molecule has 2 fully saturated rings. The van der Waals surface area contributed by atoms with E-state index in [0.29, 0.717) is 0 Å². The van der Waals surface area contributed by atoms with Crippen LogP contribution in [-0.2, 0) is 21.7 Å². The minimum absolute atomic E-state index is 0. The molecule has 0 aromatic carbocycles. The molecule has 0 radical (unpaired) electrons. The molecule has 0 unspecified atom stereocenters. The van der Waals surface area contributed by atoms with Gasteiger partial charge in [0, 0.05) is 21.7 Å². The van der Waals surface area contributed by atoms with Crippen molar-refractivity contribution in [1.29, 1.82) is 0 Å². The molecular weight excluding hydrogens is 456 g/mol. The van der Waals surface area contributed by atoms with Gasteiger partial charge in [-0.15, -0.1) is 0 Å². The Balaban J connectivity index is -0.000000334. The average molecular weight is 513 g/mol. The van der Waals surface area contributed by atoms with E-state index in [-0.39, 0.29) is 33.9 Å². The number of hydrogen-bond acceptors (Lipinski definition) is 4. The van der Waals surface area contributed by atoms with Crippen LogP contribution in [0.3, 0.4) is 0 Å². The summed E-state index contributed by atoms with van der Waals surface area (Å²) >= 11 is 0. The third kappa shape index (κ3) is 21.3. The second-order valence-corrected chi connectivity index (χ2v) is 18.3. The predicted molar refractivity (Wildman–Crippen MR) is 137 cm³/mol. The molecule has 2 rings (SSSR count). The summed E-state index contributed by atoms with van der Waals surface area (Å²) in [5.74, 6) is 0. The van der Waals surface area contributed by atoms with Gasteiger partial charge < -0.3 is 19.8 Å². The van der Waals surface area contributed by atoms with E-state index in [4.69, 9.17) is 10.2 Å². The molecule has 31 heavy (non-hydrogen) atoms. The SMILES string of the molecule is CC[Si](O)(CC)CC.CC[Si](O)(CC)CC.OC1CCCCC1.OC1CCCCC1.[Ti]. The average Bonchev–Trinajstić information content (AvgIpc) is 2.80. The molecule has 0 heterocycles. The molecular formula is C24H56O4Si2Ti.